The van der Waals surface area contributed by atoms with Crippen LogP contribution in [0.3, 0.4) is 0 Å². The summed E-state index contributed by atoms with van der Waals surface area (Å²) in [6, 6.07) is 5.87. The largest absolute Gasteiger partial charge is 0.395 e. The minimum absolute atomic E-state index is 0.0542. The third-order valence-electron chi connectivity index (χ3n) is 4.13. The molecule has 2 aromatic heterocycles. The SMILES string of the molecule is Cn1c(=O)c2c(nc(N/N=C/c3cccc([N+](=O)[O-])c3)n2CCO)n(C)c1=O. The molecule has 12 nitrogen and oxygen atoms in total. The highest BCUT2D eigenvalue weighted by Crippen LogP contribution is 2.16. The van der Waals surface area contributed by atoms with Crippen molar-refractivity contribution in [2.45, 2.75) is 6.54 Å². The second-order valence-electron chi connectivity index (χ2n) is 5.91. The maximum atomic E-state index is 12.5. The molecule has 0 fully saturated rings. The van der Waals surface area contributed by atoms with Crippen molar-refractivity contribution in [2.24, 2.45) is 19.2 Å². The number of nitro groups is 1. The Bertz CT molecular complexity index is 1200. The minimum atomic E-state index is -0.547. The molecule has 0 aliphatic rings. The molecule has 0 amide bonds. The lowest BCUT2D eigenvalue weighted by Gasteiger charge is -2.07. The first-order valence-corrected chi connectivity index (χ1v) is 8.15. The summed E-state index contributed by atoms with van der Waals surface area (Å²) < 4.78 is 3.59. The van der Waals surface area contributed by atoms with E-state index in [1.54, 1.807) is 6.07 Å². The molecule has 0 aliphatic carbocycles. The van der Waals surface area contributed by atoms with Crippen molar-refractivity contribution in [1.82, 2.24) is 18.7 Å². The fourth-order valence-corrected chi connectivity index (χ4v) is 2.73. The molecule has 146 valence electrons. The predicted molar refractivity (Wildman–Crippen MR) is 102 cm³/mol. The number of benzene rings is 1. The average molecular weight is 387 g/mol. The van der Waals surface area contributed by atoms with Crippen molar-refractivity contribution in [1.29, 1.82) is 0 Å². The average Bonchev–Trinajstić information content (AvgIpc) is 3.04. The van der Waals surface area contributed by atoms with Crippen LogP contribution in [0.15, 0.2) is 39.0 Å². The zero-order valence-corrected chi connectivity index (χ0v) is 15.1. The minimum Gasteiger partial charge on any atom is -0.395 e. The van der Waals surface area contributed by atoms with E-state index in [0.29, 0.717) is 5.56 Å². The molecule has 3 aromatic rings. The number of nitro benzene ring substituents is 1. The molecule has 0 aliphatic heterocycles. The number of non-ortho nitro benzene ring substituents is 1. The van der Waals surface area contributed by atoms with Crippen LogP contribution in [0.4, 0.5) is 11.6 Å². The maximum Gasteiger partial charge on any atom is 0.332 e. The first-order valence-electron chi connectivity index (χ1n) is 8.15. The van der Waals surface area contributed by atoms with Gasteiger partial charge in [0.1, 0.15) is 0 Å². The highest BCUT2D eigenvalue weighted by Gasteiger charge is 2.18. The van der Waals surface area contributed by atoms with Gasteiger partial charge in [0.2, 0.25) is 5.95 Å². The van der Waals surface area contributed by atoms with Crippen LogP contribution < -0.4 is 16.7 Å². The summed E-state index contributed by atoms with van der Waals surface area (Å²) in [5, 5.41) is 24.2. The lowest BCUT2D eigenvalue weighted by atomic mass is 10.2. The number of anilines is 1. The van der Waals surface area contributed by atoms with Gasteiger partial charge in [-0.3, -0.25) is 24.0 Å². The molecule has 0 radical (unpaired) electrons. The topological polar surface area (TPSA) is 150 Å². The van der Waals surface area contributed by atoms with Crippen LogP contribution in [0.1, 0.15) is 5.56 Å². The Morgan fingerprint density at radius 1 is 1.32 bits per heavy atom. The van der Waals surface area contributed by atoms with Crippen LogP contribution in [-0.4, -0.2) is 41.5 Å². The summed E-state index contributed by atoms with van der Waals surface area (Å²) in [6.45, 7) is -0.209. The van der Waals surface area contributed by atoms with E-state index >= 15 is 0 Å². The van der Waals surface area contributed by atoms with Crippen molar-refractivity contribution < 1.29 is 10.0 Å². The molecule has 0 saturated heterocycles. The van der Waals surface area contributed by atoms with Gasteiger partial charge in [0.15, 0.2) is 11.2 Å². The standard InChI is InChI=1S/C16H17N7O5/c1-20-13-12(14(25)21(2)16(20)26)22(6-7-24)15(18-13)19-17-9-10-4-3-5-11(8-10)23(27)28/h3-5,8-9,24H,6-7H2,1-2H3,(H,18,19)/b17-9+. The molecule has 2 heterocycles. The molecule has 1 aromatic carbocycles. The van der Waals surface area contributed by atoms with Crippen LogP contribution in [0.5, 0.6) is 0 Å². The Morgan fingerprint density at radius 2 is 2.07 bits per heavy atom. The number of hydrogen-bond acceptors (Lipinski definition) is 8. The molecule has 28 heavy (non-hydrogen) atoms. The van der Waals surface area contributed by atoms with Crippen LogP contribution in [-0.2, 0) is 20.6 Å². The molecule has 0 bridgehead atoms. The van der Waals surface area contributed by atoms with E-state index in [0.717, 1.165) is 4.57 Å². The van der Waals surface area contributed by atoms with Crippen molar-refractivity contribution in [3.05, 3.63) is 60.8 Å². The quantitative estimate of drug-likeness (QED) is 0.337. The summed E-state index contributed by atoms with van der Waals surface area (Å²) in [6.07, 6.45) is 1.35. The summed E-state index contributed by atoms with van der Waals surface area (Å²) in [5.74, 6) is 0.143. The van der Waals surface area contributed by atoms with Gasteiger partial charge in [-0.15, -0.1) is 0 Å². The summed E-state index contributed by atoms with van der Waals surface area (Å²) in [4.78, 5) is 39.1. The lowest BCUT2D eigenvalue weighted by molar-refractivity contribution is -0.384. The third kappa shape index (κ3) is 3.27. The molecule has 0 saturated carbocycles. The summed E-state index contributed by atoms with van der Waals surface area (Å²) in [7, 11) is 2.84. The van der Waals surface area contributed by atoms with E-state index in [1.807, 2.05) is 0 Å². The fourth-order valence-electron chi connectivity index (χ4n) is 2.73. The van der Waals surface area contributed by atoms with Gasteiger partial charge in [-0.05, 0) is 0 Å². The Hall–Kier alpha value is -3.80. The highest BCUT2D eigenvalue weighted by atomic mass is 16.6. The zero-order valence-electron chi connectivity index (χ0n) is 15.1. The molecular formula is C16H17N7O5. The number of aliphatic hydroxyl groups excluding tert-OH is 1. The van der Waals surface area contributed by atoms with Crippen molar-refractivity contribution in [2.75, 3.05) is 12.0 Å². The van der Waals surface area contributed by atoms with Gasteiger partial charge in [-0.1, -0.05) is 12.1 Å². The number of nitrogens with zero attached hydrogens (tertiary/aromatic N) is 6. The van der Waals surface area contributed by atoms with E-state index in [9.17, 15) is 24.8 Å². The van der Waals surface area contributed by atoms with Crippen molar-refractivity contribution in [3.8, 4) is 0 Å². The van der Waals surface area contributed by atoms with Crippen LogP contribution in [0, 0.1) is 10.1 Å². The van der Waals surface area contributed by atoms with Gasteiger partial charge in [0.25, 0.3) is 11.2 Å². The number of imidazole rings is 1. The third-order valence-corrected chi connectivity index (χ3v) is 4.13. The molecule has 0 atom stereocenters. The monoisotopic (exact) mass is 387 g/mol. The maximum absolute atomic E-state index is 12.5. The number of hydrazone groups is 1. The number of nitrogens with one attached hydrogen (secondary N) is 1. The molecular weight excluding hydrogens is 370 g/mol. The van der Waals surface area contributed by atoms with E-state index < -0.39 is 16.2 Å². The molecule has 0 unspecified atom stereocenters. The lowest BCUT2D eigenvalue weighted by Crippen LogP contribution is -2.37. The Balaban J connectivity index is 2.02. The molecule has 12 heteroatoms. The highest BCUT2D eigenvalue weighted by molar-refractivity contribution is 5.81. The van der Waals surface area contributed by atoms with Crippen LogP contribution in [0.25, 0.3) is 11.2 Å². The first-order chi connectivity index (χ1) is 13.3. The van der Waals surface area contributed by atoms with Crippen LogP contribution in [0.2, 0.25) is 0 Å². The van der Waals surface area contributed by atoms with Crippen LogP contribution >= 0.6 is 0 Å². The van der Waals surface area contributed by atoms with E-state index in [4.69, 9.17) is 0 Å². The number of hydrogen-bond donors (Lipinski definition) is 2. The Labute approximate surface area is 157 Å². The van der Waals surface area contributed by atoms with Gasteiger partial charge >= 0.3 is 5.69 Å². The Morgan fingerprint density at radius 3 is 2.75 bits per heavy atom. The number of fused-ring (bicyclic) bond motifs is 1. The number of aromatic nitrogens is 4. The van der Waals surface area contributed by atoms with Gasteiger partial charge in [0.05, 0.1) is 17.7 Å². The fraction of sp³-hybridized carbons (Fsp3) is 0.250. The Kier molecular flexibility index (Phi) is 5.04. The van der Waals surface area contributed by atoms with Gasteiger partial charge in [0, 0.05) is 38.3 Å². The first kappa shape index (κ1) is 19.0. The molecule has 2 N–H and O–H groups in total. The van der Waals surface area contributed by atoms with Gasteiger partial charge in [-0.25, -0.2) is 10.2 Å². The van der Waals surface area contributed by atoms with Crippen molar-refractivity contribution in [3.63, 3.8) is 0 Å². The van der Waals surface area contributed by atoms with E-state index in [-0.39, 0.29) is 36.0 Å². The molecule has 3 rings (SSSR count). The van der Waals surface area contributed by atoms with Crippen molar-refractivity contribution >= 4 is 29.0 Å². The number of aliphatic hydroxyl groups is 1. The normalized spacial score (nSPS) is 11.4. The second kappa shape index (κ2) is 7.44. The second-order valence-corrected chi connectivity index (χ2v) is 5.91. The zero-order chi connectivity index (χ0) is 20.4. The predicted octanol–water partition coefficient (Wildman–Crippen LogP) is -0.220. The van der Waals surface area contributed by atoms with E-state index in [1.165, 1.54) is 47.6 Å². The number of aryl methyl sites for hydroxylation is 1. The smallest absolute Gasteiger partial charge is 0.332 e. The summed E-state index contributed by atoms with van der Waals surface area (Å²) in [5.41, 5.74) is 2.28. The van der Waals surface area contributed by atoms with Gasteiger partial charge in [-0.2, -0.15) is 10.1 Å². The number of rotatable bonds is 6. The van der Waals surface area contributed by atoms with E-state index in [2.05, 4.69) is 15.5 Å². The molecule has 0 spiro atoms. The summed E-state index contributed by atoms with van der Waals surface area (Å²) >= 11 is 0. The van der Waals surface area contributed by atoms with Gasteiger partial charge < -0.3 is 9.67 Å².